The smallest absolute Gasteiger partial charge is 0.269 e. The number of hydrogen-bond donors (Lipinski definition) is 0. The first kappa shape index (κ1) is 14.9. The van der Waals surface area contributed by atoms with E-state index in [1.807, 2.05) is 0 Å². The fraction of sp³-hybridized carbons (Fsp3) is 0.364. The Balaban J connectivity index is 2.35. The van der Waals surface area contributed by atoms with E-state index in [9.17, 15) is 23.3 Å². The van der Waals surface area contributed by atoms with Crippen molar-refractivity contribution < 1.29 is 18.1 Å². The van der Waals surface area contributed by atoms with Crippen LogP contribution in [0, 0.1) is 10.1 Å². The minimum Gasteiger partial charge on any atom is -0.279 e. The molecule has 1 saturated heterocycles. The summed E-state index contributed by atoms with van der Waals surface area (Å²) in [5, 5.41) is 9.83. The molecule has 1 aromatic carbocycles. The number of nitro benzene ring substituents is 1. The summed E-state index contributed by atoms with van der Waals surface area (Å²) in [7, 11) is -3.87. The second kappa shape index (κ2) is 5.47. The van der Waals surface area contributed by atoms with E-state index in [1.54, 1.807) is 0 Å². The van der Waals surface area contributed by atoms with Crippen molar-refractivity contribution in [1.29, 1.82) is 0 Å². The lowest BCUT2D eigenvalue weighted by Crippen LogP contribution is -2.38. The van der Waals surface area contributed by atoms with E-state index in [1.165, 1.54) is 0 Å². The van der Waals surface area contributed by atoms with Crippen LogP contribution in [-0.4, -0.2) is 35.5 Å². The highest BCUT2D eigenvalue weighted by Gasteiger charge is 2.38. The number of nitro groups is 1. The van der Waals surface area contributed by atoms with Crippen molar-refractivity contribution in [1.82, 2.24) is 4.31 Å². The zero-order chi connectivity index (χ0) is 14.9. The summed E-state index contributed by atoms with van der Waals surface area (Å²) in [6, 6.07) is 3.67. The Kier molecular flexibility index (Phi) is 4.07. The van der Waals surface area contributed by atoms with E-state index in [4.69, 9.17) is 11.6 Å². The van der Waals surface area contributed by atoms with Gasteiger partial charge in [0.25, 0.3) is 5.69 Å². The number of benzene rings is 1. The molecule has 9 heteroatoms. The van der Waals surface area contributed by atoms with Gasteiger partial charge in [-0.1, -0.05) is 0 Å². The normalized spacial score (nSPS) is 19.9. The number of rotatable bonds is 4. The van der Waals surface area contributed by atoms with E-state index < -0.39 is 26.2 Å². The molecule has 0 amide bonds. The summed E-state index contributed by atoms with van der Waals surface area (Å²) >= 11 is 5.40. The van der Waals surface area contributed by atoms with E-state index in [0.717, 1.165) is 28.6 Å². The van der Waals surface area contributed by atoms with Crippen LogP contribution >= 0.6 is 11.6 Å². The number of halogens is 1. The molecule has 1 atom stereocenters. The fourth-order valence-electron chi connectivity index (χ4n) is 2.13. The Morgan fingerprint density at radius 3 is 2.45 bits per heavy atom. The first-order chi connectivity index (χ1) is 9.34. The molecular formula is C11H11ClN2O5S. The molecule has 1 fully saturated rings. The predicted octanol–water partition coefficient (Wildman–Crippen LogP) is 1.51. The molecule has 0 aromatic heterocycles. The second-order valence-electron chi connectivity index (χ2n) is 4.33. The highest BCUT2D eigenvalue weighted by Crippen LogP contribution is 2.28. The van der Waals surface area contributed by atoms with Gasteiger partial charge in [0, 0.05) is 18.7 Å². The SMILES string of the molecule is O=C(Cl)[C@@H]1CCCN1S(=O)(=O)c1ccc([N+](=O)[O-])cc1. The van der Waals surface area contributed by atoms with Gasteiger partial charge in [-0.3, -0.25) is 14.9 Å². The van der Waals surface area contributed by atoms with Gasteiger partial charge >= 0.3 is 0 Å². The maximum absolute atomic E-state index is 12.4. The predicted molar refractivity (Wildman–Crippen MR) is 70.9 cm³/mol. The van der Waals surface area contributed by atoms with Crippen molar-refractivity contribution in [2.75, 3.05) is 6.54 Å². The number of hydrogen-bond acceptors (Lipinski definition) is 5. The first-order valence-corrected chi connectivity index (χ1v) is 7.61. The molecule has 2 rings (SSSR count). The molecule has 0 aliphatic carbocycles. The van der Waals surface area contributed by atoms with E-state index >= 15 is 0 Å². The van der Waals surface area contributed by atoms with Crippen molar-refractivity contribution in [2.45, 2.75) is 23.8 Å². The molecule has 1 aliphatic rings. The number of nitrogens with zero attached hydrogens (tertiary/aromatic N) is 2. The zero-order valence-corrected chi connectivity index (χ0v) is 11.8. The summed E-state index contributed by atoms with van der Waals surface area (Å²) in [5.41, 5.74) is -0.199. The molecule has 108 valence electrons. The number of sulfonamides is 1. The van der Waals surface area contributed by atoms with Crippen molar-refractivity contribution in [2.24, 2.45) is 0 Å². The van der Waals surface area contributed by atoms with Gasteiger partial charge < -0.3 is 0 Å². The lowest BCUT2D eigenvalue weighted by Gasteiger charge is -2.21. The average molecular weight is 319 g/mol. The molecule has 0 saturated carbocycles. The summed E-state index contributed by atoms with van der Waals surface area (Å²) in [6.07, 6.45) is 0.934. The Hall–Kier alpha value is -1.51. The lowest BCUT2D eigenvalue weighted by atomic mass is 10.2. The van der Waals surface area contributed by atoms with Crippen LogP contribution in [0.4, 0.5) is 5.69 Å². The van der Waals surface area contributed by atoms with Crippen LogP contribution in [0.2, 0.25) is 0 Å². The number of carbonyl (C=O) groups excluding carboxylic acids is 1. The fourth-order valence-corrected chi connectivity index (χ4v) is 4.07. The minimum atomic E-state index is -3.87. The van der Waals surface area contributed by atoms with Gasteiger partial charge in [-0.2, -0.15) is 4.31 Å². The van der Waals surface area contributed by atoms with Crippen molar-refractivity contribution in [3.63, 3.8) is 0 Å². The number of non-ortho nitro benzene ring substituents is 1. The van der Waals surface area contributed by atoms with Crippen molar-refractivity contribution in [3.05, 3.63) is 34.4 Å². The van der Waals surface area contributed by atoms with Gasteiger partial charge in [0.05, 0.1) is 15.9 Å². The molecule has 1 aromatic rings. The lowest BCUT2D eigenvalue weighted by molar-refractivity contribution is -0.384. The molecule has 0 unspecified atom stereocenters. The molecule has 0 radical (unpaired) electrons. The van der Waals surface area contributed by atoms with E-state index in [-0.39, 0.29) is 17.1 Å². The molecular weight excluding hydrogens is 308 g/mol. The van der Waals surface area contributed by atoms with Crippen LogP contribution in [0.15, 0.2) is 29.2 Å². The maximum atomic E-state index is 12.4. The Morgan fingerprint density at radius 1 is 1.35 bits per heavy atom. The number of carbonyl (C=O) groups is 1. The summed E-state index contributed by atoms with van der Waals surface area (Å²) in [6.45, 7) is 0.211. The van der Waals surface area contributed by atoms with Crippen molar-refractivity contribution in [3.8, 4) is 0 Å². The van der Waals surface area contributed by atoms with Crippen LogP contribution in [-0.2, 0) is 14.8 Å². The average Bonchev–Trinajstić information content (AvgIpc) is 2.89. The molecule has 0 bridgehead atoms. The quantitative estimate of drug-likeness (QED) is 0.476. The Morgan fingerprint density at radius 2 is 1.95 bits per heavy atom. The van der Waals surface area contributed by atoms with Crippen LogP contribution in [0.3, 0.4) is 0 Å². The van der Waals surface area contributed by atoms with Crippen LogP contribution in [0.1, 0.15) is 12.8 Å². The third-order valence-electron chi connectivity index (χ3n) is 3.12. The van der Waals surface area contributed by atoms with E-state index in [2.05, 4.69) is 0 Å². The maximum Gasteiger partial charge on any atom is 0.269 e. The summed E-state index contributed by atoms with van der Waals surface area (Å²) in [5.74, 6) is 0. The zero-order valence-electron chi connectivity index (χ0n) is 10.2. The van der Waals surface area contributed by atoms with Gasteiger partial charge in [0.15, 0.2) is 0 Å². The monoisotopic (exact) mass is 318 g/mol. The molecule has 0 N–H and O–H groups in total. The van der Waals surface area contributed by atoms with Gasteiger partial charge in [0.1, 0.15) is 0 Å². The van der Waals surface area contributed by atoms with E-state index in [0.29, 0.717) is 12.8 Å². The third-order valence-corrected chi connectivity index (χ3v) is 5.29. The van der Waals surface area contributed by atoms with Crippen LogP contribution < -0.4 is 0 Å². The Labute approximate surface area is 120 Å². The highest BCUT2D eigenvalue weighted by molar-refractivity contribution is 7.89. The molecule has 7 nitrogen and oxygen atoms in total. The third kappa shape index (κ3) is 2.67. The highest BCUT2D eigenvalue weighted by atomic mass is 35.5. The largest absolute Gasteiger partial charge is 0.279 e. The molecule has 0 spiro atoms. The van der Waals surface area contributed by atoms with Gasteiger partial charge in [0.2, 0.25) is 15.3 Å². The van der Waals surface area contributed by atoms with Crippen LogP contribution in [0.25, 0.3) is 0 Å². The first-order valence-electron chi connectivity index (χ1n) is 5.79. The van der Waals surface area contributed by atoms with Gasteiger partial charge in [-0.25, -0.2) is 8.42 Å². The standard InChI is InChI=1S/C11H11ClN2O5S/c12-11(15)10-2-1-7-13(10)20(18,19)9-5-3-8(4-6-9)14(16)17/h3-6,10H,1-2,7H2/t10-/m0/s1. The second-order valence-corrected chi connectivity index (χ2v) is 6.59. The topological polar surface area (TPSA) is 97.6 Å². The van der Waals surface area contributed by atoms with Gasteiger partial charge in [-0.15, -0.1) is 0 Å². The summed E-state index contributed by atoms with van der Waals surface area (Å²) < 4.78 is 25.8. The molecule has 1 aliphatic heterocycles. The van der Waals surface area contributed by atoms with Crippen LogP contribution in [0.5, 0.6) is 0 Å². The summed E-state index contributed by atoms with van der Waals surface area (Å²) in [4.78, 5) is 21.1. The molecule has 20 heavy (non-hydrogen) atoms. The Bertz CT molecular complexity index is 643. The minimum absolute atomic E-state index is 0.0899. The van der Waals surface area contributed by atoms with Gasteiger partial charge in [-0.05, 0) is 36.6 Å². The molecule has 1 heterocycles. The van der Waals surface area contributed by atoms with Crippen molar-refractivity contribution >= 4 is 32.6 Å².